The van der Waals surface area contributed by atoms with Gasteiger partial charge in [-0.1, -0.05) is 41.3 Å². The number of benzene rings is 1. The lowest BCUT2D eigenvalue weighted by molar-refractivity contribution is 0.126. The average Bonchev–Trinajstić information content (AvgIpc) is 2.61. The van der Waals surface area contributed by atoms with Crippen molar-refractivity contribution in [2.75, 3.05) is 13.1 Å². The molecular formula is C21H32BrNO. The van der Waals surface area contributed by atoms with Crippen molar-refractivity contribution in [3.05, 3.63) is 28.2 Å². The summed E-state index contributed by atoms with van der Waals surface area (Å²) in [6.45, 7) is 4.61. The van der Waals surface area contributed by atoms with Gasteiger partial charge in [0.15, 0.2) is 0 Å². The first kappa shape index (κ1) is 18.3. The van der Waals surface area contributed by atoms with Crippen LogP contribution >= 0.6 is 15.9 Å². The maximum Gasteiger partial charge on any atom is 0.123 e. The van der Waals surface area contributed by atoms with Crippen LogP contribution < -0.4 is 10.1 Å². The van der Waals surface area contributed by atoms with Crippen LogP contribution in [0.5, 0.6) is 5.75 Å². The summed E-state index contributed by atoms with van der Waals surface area (Å²) in [5.41, 5.74) is 1.22. The first-order valence-corrected chi connectivity index (χ1v) is 10.6. The molecule has 1 saturated heterocycles. The molecule has 134 valence electrons. The Kier molecular flexibility index (Phi) is 7.03. The Morgan fingerprint density at radius 3 is 2.38 bits per heavy atom. The lowest BCUT2D eigenvalue weighted by atomic mass is 9.82. The molecule has 0 aromatic heterocycles. The minimum absolute atomic E-state index is 0.415. The van der Waals surface area contributed by atoms with Crippen LogP contribution in [-0.4, -0.2) is 19.2 Å². The number of piperidine rings is 1. The van der Waals surface area contributed by atoms with Crippen LogP contribution in [0.25, 0.3) is 0 Å². The molecule has 1 aromatic carbocycles. The first-order chi connectivity index (χ1) is 11.7. The molecule has 0 bridgehead atoms. The van der Waals surface area contributed by atoms with Crippen LogP contribution in [0.3, 0.4) is 0 Å². The summed E-state index contributed by atoms with van der Waals surface area (Å²) < 4.78 is 7.42. The minimum Gasteiger partial charge on any atom is -0.490 e. The number of hydrogen-bond acceptors (Lipinski definition) is 2. The van der Waals surface area contributed by atoms with Gasteiger partial charge < -0.3 is 10.1 Å². The number of hydrogen-bond donors (Lipinski definition) is 1. The molecule has 2 aliphatic rings. The van der Waals surface area contributed by atoms with Crippen molar-refractivity contribution in [3.63, 3.8) is 0 Å². The fourth-order valence-corrected chi connectivity index (χ4v) is 4.65. The molecular weight excluding hydrogens is 362 g/mol. The Hall–Kier alpha value is -0.540. The predicted octanol–water partition coefficient (Wildman–Crippen LogP) is 5.87. The average molecular weight is 394 g/mol. The Labute approximate surface area is 155 Å². The van der Waals surface area contributed by atoms with Crippen molar-refractivity contribution in [2.45, 2.75) is 70.8 Å². The second kappa shape index (κ2) is 9.24. The van der Waals surface area contributed by atoms with E-state index < -0.39 is 0 Å². The molecule has 0 amide bonds. The van der Waals surface area contributed by atoms with Crippen molar-refractivity contribution in [3.8, 4) is 5.75 Å². The highest BCUT2D eigenvalue weighted by Crippen LogP contribution is 2.33. The van der Waals surface area contributed by atoms with Gasteiger partial charge in [0.25, 0.3) is 0 Å². The second-order valence-corrected chi connectivity index (χ2v) is 8.60. The van der Waals surface area contributed by atoms with Crippen LogP contribution in [-0.2, 0) is 0 Å². The summed E-state index contributed by atoms with van der Waals surface area (Å²) >= 11 is 3.60. The molecule has 0 radical (unpaired) electrons. The summed E-state index contributed by atoms with van der Waals surface area (Å²) in [6, 6.07) is 6.26. The molecule has 1 aliphatic heterocycles. The lowest BCUT2D eigenvalue weighted by Gasteiger charge is -2.30. The Morgan fingerprint density at radius 1 is 1.00 bits per heavy atom. The van der Waals surface area contributed by atoms with Gasteiger partial charge in [-0.05, 0) is 82.5 Å². The SMILES string of the molecule is Cc1c(Br)cccc1O[C@H]1CC[C@@H](CCCC2CCNCC2)CC1. The molecule has 1 saturated carbocycles. The summed E-state index contributed by atoms with van der Waals surface area (Å²) in [5.74, 6) is 2.99. The van der Waals surface area contributed by atoms with E-state index in [0.29, 0.717) is 6.10 Å². The predicted molar refractivity (Wildman–Crippen MR) is 105 cm³/mol. The number of halogens is 1. The highest BCUT2D eigenvalue weighted by Gasteiger charge is 2.23. The molecule has 2 fully saturated rings. The van der Waals surface area contributed by atoms with E-state index in [1.165, 1.54) is 76.4 Å². The lowest BCUT2D eigenvalue weighted by Crippen LogP contribution is -2.28. The van der Waals surface area contributed by atoms with E-state index in [1.807, 2.05) is 0 Å². The summed E-state index contributed by atoms with van der Waals surface area (Å²) in [4.78, 5) is 0. The van der Waals surface area contributed by atoms with Crippen LogP contribution in [0.2, 0.25) is 0 Å². The summed E-state index contributed by atoms with van der Waals surface area (Å²) in [7, 11) is 0. The maximum absolute atomic E-state index is 6.28. The van der Waals surface area contributed by atoms with Crippen molar-refractivity contribution in [2.24, 2.45) is 11.8 Å². The first-order valence-electron chi connectivity index (χ1n) is 9.85. The van der Waals surface area contributed by atoms with Gasteiger partial charge in [0, 0.05) is 10.0 Å². The van der Waals surface area contributed by atoms with Crippen molar-refractivity contribution in [1.82, 2.24) is 5.32 Å². The molecule has 0 atom stereocenters. The van der Waals surface area contributed by atoms with Crippen molar-refractivity contribution < 1.29 is 4.74 Å². The van der Waals surface area contributed by atoms with Gasteiger partial charge >= 0.3 is 0 Å². The fraction of sp³-hybridized carbons (Fsp3) is 0.714. The zero-order chi connectivity index (χ0) is 16.8. The van der Waals surface area contributed by atoms with E-state index in [1.54, 1.807) is 0 Å². The van der Waals surface area contributed by atoms with Crippen LogP contribution in [0.1, 0.15) is 63.4 Å². The fourth-order valence-electron chi connectivity index (χ4n) is 4.30. The van der Waals surface area contributed by atoms with E-state index in [-0.39, 0.29) is 0 Å². The smallest absolute Gasteiger partial charge is 0.123 e. The third-order valence-corrected chi connectivity index (χ3v) is 6.85. The largest absolute Gasteiger partial charge is 0.490 e. The number of rotatable bonds is 6. The molecule has 1 heterocycles. The van der Waals surface area contributed by atoms with Gasteiger partial charge in [0.1, 0.15) is 5.75 Å². The third kappa shape index (κ3) is 5.23. The quantitative estimate of drug-likeness (QED) is 0.652. The van der Waals surface area contributed by atoms with E-state index in [4.69, 9.17) is 4.74 Å². The van der Waals surface area contributed by atoms with Gasteiger partial charge in [0.2, 0.25) is 0 Å². The molecule has 0 spiro atoms. The van der Waals surface area contributed by atoms with Crippen LogP contribution in [0.15, 0.2) is 22.7 Å². The molecule has 1 aliphatic carbocycles. The Morgan fingerprint density at radius 2 is 1.67 bits per heavy atom. The summed E-state index contributed by atoms with van der Waals surface area (Å²) in [6.07, 6.45) is 12.7. The molecule has 3 rings (SSSR count). The van der Waals surface area contributed by atoms with Gasteiger partial charge in [-0.2, -0.15) is 0 Å². The standard InChI is InChI=1S/C21H32BrNO/c1-16-20(22)6-3-7-21(16)24-19-10-8-17(9-11-19)4-2-5-18-12-14-23-15-13-18/h3,6-7,17-19,23H,2,4-5,8-15H2,1H3/t17-,19+. The van der Waals surface area contributed by atoms with Crippen molar-refractivity contribution in [1.29, 1.82) is 0 Å². The molecule has 2 nitrogen and oxygen atoms in total. The molecule has 0 unspecified atom stereocenters. The Balaban J connectivity index is 1.35. The molecule has 24 heavy (non-hydrogen) atoms. The summed E-state index contributed by atoms with van der Waals surface area (Å²) in [5, 5.41) is 3.47. The third-order valence-electron chi connectivity index (χ3n) is 5.99. The number of ether oxygens (including phenoxy) is 1. The topological polar surface area (TPSA) is 21.3 Å². The minimum atomic E-state index is 0.415. The molecule has 3 heteroatoms. The highest BCUT2D eigenvalue weighted by atomic mass is 79.9. The second-order valence-electron chi connectivity index (χ2n) is 7.75. The van der Waals surface area contributed by atoms with Gasteiger partial charge in [-0.25, -0.2) is 0 Å². The zero-order valence-electron chi connectivity index (χ0n) is 15.0. The van der Waals surface area contributed by atoms with E-state index in [0.717, 1.165) is 22.1 Å². The molecule has 1 aromatic rings. The van der Waals surface area contributed by atoms with Gasteiger partial charge in [0.05, 0.1) is 6.10 Å². The van der Waals surface area contributed by atoms with Gasteiger partial charge in [-0.3, -0.25) is 0 Å². The van der Waals surface area contributed by atoms with E-state index in [2.05, 4.69) is 46.4 Å². The van der Waals surface area contributed by atoms with Crippen LogP contribution in [0, 0.1) is 18.8 Å². The van der Waals surface area contributed by atoms with Gasteiger partial charge in [-0.15, -0.1) is 0 Å². The Bertz CT molecular complexity index is 505. The molecule has 1 N–H and O–H groups in total. The van der Waals surface area contributed by atoms with E-state index >= 15 is 0 Å². The number of nitrogens with one attached hydrogen (secondary N) is 1. The van der Waals surface area contributed by atoms with E-state index in [9.17, 15) is 0 Å². The van der Waals surface area contributed by atoms with Crippen LogP contribution in [0.4, 0.5) is 0 Å². The normalized spacial score (nSPS) is 25.6. The highest BCUT2D eigenvalue weighted by molar-refractivity contribution is 9.10. The van der Waals surface area contributed by atoms with Crippen molar-refractivity contribution >= 4 is 15.9 Å². The monoisotopic (exact) mass is 393 g/mol. The zero-order valence-corrected chi connectivity index (χ0v) is 16.6. The maximum atomic E-state index is 6.28.